The summed E-state index contributed by atoms with van der Waals surface area (Å²) < 4.78 is 1.61. The third kappa shape index (κ3) is 3.37. The molecule has 5 heteroatoms. The molecule has 2 aromatic rings. The van der Waals surface area contributed by atoms with Gasteiger partial charge < -0.3 is 5.32 Å². The highest BCUT2D eigenvalue weighted by Crippen LogP contribution is 2.12. The fourth-order valence-electron chi connectivity index (χ4n) is 2.26. The standard InChI is InChI=1S/C16H19N3O2/c1-11-14(12(2)19(3)18-11)15(20)16(21)17-10-9-13-7-5-4-6-8-13/h4-8H,9-10H2,1-3H3,(H,17,21). The molecule has 0 saturated carbocycles. The summed E-state index contributed by atoms with van der Waals surface area (Å²) in [6.07, 6.45) is 0.699. The zero-order chi connectivity index (χ0) is 15.4. The average molecular weight is 285 g/mol. The molecule has 0 atom stereocenters. The molecule has 21 heavy (non-hydrogen) atoms. The predicted octanol–water partition coefficient (Wildman–Crippen LogP) is 1.58. The van der Waals surface area contributed by atoms with Gasteiger partial charge in [-0.15, -0.1) is 0 Å². The number of carbonyl (C=O) groups excluding carboxylic acids is 2. The molecule has 0 bridgehead atoms. The van der Waals surface area contributed by atoms with Crippen LogP contribution in [0.25, 0.3) is 0 Å². The number of aromatic nitrogens is 2. The highest BCUT2D eigenvalue weighted by Gasteiger charge is 2.23. The van der Waals surface area contributed by atoms with Crippen molar-refractivity contribution in [1.82, 2.24) is 15.1 Å². The minimum absolute atomic E-state index is 0.398. The number of amides is 1. The summed E-state index contributed by atoms with van der Waals surface area (Å²) in [6.45, 7) is 3.95. The van der Waals surface area contributed by atoms with Gasteiger partial charge in [-0.1, -0.05) is 30.3 Å². The third-order valence-corrected chi connectivity index (χ3v) is 3.48. The van der Waals surface area contributed by atoms with Gasteiger partial charge in [0.1, 0.15) is 0 Å². The van der Waals surface area contributed by atoms with Crippen molar-refractivity contribution in [2.45, 2.75) is 20.3 Å². The van der Waals surface area contributed by atoms with E-state index in [2.05, 4.69) is 10.4 Å². The monoisotopic (exact) mass is 285 g/mol. The van der Waals surface area contributed by atoms with Gasteiger partial charge in [0, 0.05) is 19.3 Å². The van der Waals surface area contributed by atoms with Gasteiger partial charge in [0.2, 0.25) is 0 Å². The second-order valence-corrected chi connectivity index (χ2v) is 4.99. The van der Waals surface area contributed by atoms with Crippen LogP contribution in [0.15, 0.2) is 30.3 Å². The lowest BCUT2D eigenvalue weighted by atomic mass is 10.1. The number of ketones is 1. The Balaban J connectivity index is 1.96. The Labute approximate surface area is 124 Å². The lowest BCUT2D eigenvalue weighted by molar-refractivity contribution is -0.116. The maximum absolute atomic E-state index is 12.2. The first-order valence-electron chi connectivity index (χ1n) is 6.87. The molecule has 2 rings (SSSR count). The molecule has 0 aliphatic carbocycles. The van der Waals surface area contributed by atoms with Crippen LogP contribution in [0.2, 0.25) is 0 Å². The molecule has 1 heterocycles. The lowest BCUT2D eigenvalue weighted by Crippen LogP contribution is -2.33. The Hall–Kier alpha value is -2.43. The summed E-state index contributed by atoms with van der Waals surface area (Å²) in [5, 5.41) is 6.83. The van der Waals surface area contributed by atoms with Gasteiger partial charge in [-0.2, -0.15) is 5.10 Å². The lowest BCUT2D eigenvalue weighted by Gasteiger charge is -2.05. The molecule has 1 aromatic heterocycles. The van der Waals surface area contributed by atoms with Gasteiger partial charge in [0.05, 0.1) is 11.3 Å². The van der Waals surface area contributed by atoms with Gasteiger partial charge in [0.25, 0.3) is 11.7 Å². The van der Waals surface area contributed by atoms with E-state index in [1.165, 1.54) is 0 Å². The molecule has 110 valence electrons. The van der Waals surface area contributed by atoms with E-state index in [1.54, 1.807) is 25.6 Å². The third-order valence-electron chi connectivity index (χ3n) is 3.48. The predicted molar refractivity (Wildman–Crippen MR) is 80.2 cm³/mol. The largest absolute Gasteiger partial charge is 0.349 e. The van der Waals surface area contributed by atoms with Crippen LogP contribution in [0.5, 0.6) is 0 Å². The number of Topliss-reactive ketones (excluding diaryl/α,β-unsaturated/α-hetero) is 1. The van der Waals surface area contributed by atoms with E-state index in [4.69, 9.17) is 0 Å². The van der Waals surface area contributed by atoms with Crippen LogP contribution < -0.4 is 5.32 Å². The molecule has 1 aromatic carbocycles. The average Bonchev–Trinajstić information content (AvgIpc) is 2.72. The molecule has 0 aliphatic rings. The Kier molecular flexibility index (Phi) is 4.52. The second kappa shape index (κ2) is 6.35. The first-order chi connectivity index (χ1) is 10.0. The summed E-state index contributed by atoms with van der Waals surface area (Å²) in [7, 11) is 1.76. The Bertz CT molecular complexity index is 660. The number of hydrogen-bond acceptors (Lipinski definition) is 3. The summed E-state index contributed by atoms with van der Waals surface area (Å²) in [5.74, 6) is -1.10. The minimum atomic E-state index is -0.579. The number of benzene rings is 1. The van der Waals surface area contributed by atoms with E-state index in [9.17, 15) is 9.59 Å². The smallest absolute Gasteiger partial charge is 0.292 e. The topological polar surface area (TPSA) is 64.0 Å². The molecule has 0 unspecified atom stereocenters. The highest BCUT2D eigenvalue weighted by atomic mass is 16.2. The van der Waals surface area contributed by atoms with Gasteiger partial charge in [-0.3, -0.25) is 14.3 Å². The van der Waals surface area contributed by atoms with Crippen molar-refractivity contribution >= 4 is 11.7 Å². The molecule has 0 aliphatic heterocycles. The normalized spacial score (nSPS) is 10.4. The molecule has 1 N–H and O–H groups in total. The SMILES string of the molecule is Cc1nn(C)c(C)c1C(=O)C(=O)NCCc1ccccc1. The van der Waals surface area contributed by atoms with Crippen LogP contribution in [0, 0.1) is 13.8 Å². The van der Waals surface area contributed by atoms with Gasteiger partial charge in [-0.25, -0.2) is 0 Å². The van der Waals surface area contributed by atoms with E-state index in [0.717, 1.165) is 5.56 Å². The van der Waals surface area contributed by atoms with E-state index >= 15 is 0 Å². The van der Waals surface area contributed by atoms with Crippen LogP contribution in [0.4, 0.5) is 0 Å². The van der Waals surface area contributed by atoms with Crippen molar-refractivity contribution in [3.8, 4) is 0 Å². The first kappa shape index (κ1) is 15.0. The number of aryl methyl sites for hydroxylation is 2. The Morgan fingerprint density at radius 3 is 2.43 bits per heavy atom. The van der Waals surface area contributed by atoms with Gasteiger partial charge >= 0.3 is 0 Å². The van der Waals surface area contributed by atoms with Crippen molar-refractivity contribution in [2.24, 2.45) is 7.05 Å². The van der Waals surface area contributed by atoms with Crippen LogP contribution in [-0.2, 0) is 18.3 Å². The summed E-state index contributed by atoms with van der Waals surface area (Å²) in [4.78, 5) is 24.1. The van der Waals surface area contributed by atoms with Crippen molar-refractivity contribution in [3.05, 3.63) is 52.8 Å². The number of carbonyl (C=O) groups is 2. The van der Waals surface area contributed by atoms with Crippen LogP contribution in [0.3, 0.4) is 0 Å². The second-order valence-electron chi connectivity index (χ2n) is 4.99. The summed E-state index contributed by atoms with van der Waals surface area (Å²) in [6, 6.07) is 9.82. The number of nitrogens with zero attached hydrogens (tertiary/aromatic N) is 2. The quantitative estimate of drug-likeness (QED) is 0.670. The summed E-state index contributed by atoms with van der Waals surface area (Å²) >= 11 is 0. The molecule has 1 amide bonds. The molecule has 5 nitrogen and oxygen atoms in total. The van der Waals surface area contributed by atoms with E-state index in [1.807, 2.05) is 30.3 Å². The Morgan fingerprint density at radius 1 is 1.19 bits per heavy atom. The molecule has 0 radical (unpaired) electrons. The molecular weight excluding hydrogens is 266 g/mol. The van der Waals surface area contributed by atoms with Gasteiger partial charge in [0.15, 0.2) is 0 Å². The molecule has 0 fully saturated rings. The van der Waals surface area contributed by atoms with E-state index in [-0.39, 0.29) is 0 Å². The Morgan fingerprint density at radius 2 is 1.86 bits per heavy atom. The van der Waals surface area contributed by atoms with Crippen LogP contribution >= 0.6 is 0 Å². The highest BCUT2D eigenvalue weighted by molar-refractivity contribution is 6.43. The zero-order valence-electron chi connectivity index (χ0n) is 12.5. The fourth-order valence-corrected chi connectivity index (χ4v) is 2.26. The van der Waals surface area contributed by atoms with E-state index < -0.39 is 11.7 Å². The van der Waals surface area contributed by atoms with Crippen molar-refractivity contribution in [2.75, 3.05) is 6.54 Å². The van der Waals surface area contributed by atoms with Crippen molar-refractivity contribution < 1.29 is 9.59 Å². The maximum atomic E-state index is 12.2. The number of hydrogen-bond donors (Lipinski definition) is 1. The number of nitrogens with one attached hydrogen (secondary N) is 1. The fraction of sp³-hybridized carbons (Fsp3) is 0.312. The van der Waals surface area contributed by atoms with Crippen LogP contribution in [-0.4, -0.2) is 28.0 Å². The first-order valence-corrected chi connectivity index (χ1v) is 6.87. The van der Waals surface area contributed by atoms with E-state index in [0.29, 0.717) is 29.9 Å². The number of rotatable bonds is 5. The van der Waals surface area contributed by atoms with Gasteiger partial charge in [-0.05, 0) is 25.8 Å². The minimum Gasteiger partial charge on any atom is -0.349 e. The van der Waals surface area contributed by atoms with Crippen molar-refractivity contribution in [3.63, 3.8) is 0 Å². The zero-order valence-corrected chi connectivity index (χ0v) is 12.5. The summed E-state index contributed by atoms with van der Waals surface area (Å²) in [5.41, 5.74) is 2.81. The van der Waals surface area contributed by atoms with Crippen molar-refractivity contribution in [1.29, 1.82) is 0 Å². The molecule has 0 saturated heterocycles. The molecular formula is C16H19N3O2. The van der Waals surface area contributed by atoms with Crippen LogP contribution in [0.1, 0.15) is 27.3 Å². The molecule has 0 spiro atoms. The maximum Gasteiger partial charge on any atom is 0.292 e.